The fourth-order valence-corrected chi connectivity index (χ4v) is 3.17. The molecule has 4 aromatic rings. The Kier molecular flexibility index (Phi) is 4.14. The van der Waals surface area contributed by atoms with E-state index in [4.69, 9.17) is 0 Å². The van der Waals surface area contributed by atoms with E-state index in [1.165, 1.54) is 27.8 Å². The van der Waals surface area contributed by atoms with E-state index in [2.05, 4.69) is 96.8 Å². The van der Waals surface area contributed by atoms with Crippen molar-refractivity contribution in [2.24, 2.45) is 0 Å². The van der Waals surface area contributed by atoms with Crippen LogP contribution in [0.2, 0.25) is 0 Å². The third kappa shape index (κ3) is 3.09. The van der Waals surface area contributed by atoms with Crippen LogP contribution in [0.1, 0.15) is 5.56 Å². The van der Waals surface area contributed by atoms with Gasteiger partial charge in [-0.1, -0.05) is 84.9 Å². The number of nitrogens with zero attached hydrogens (tertiary/aromatic N) is 1. The van der Waals surface area contributed by atoms with Gasteiger partial charge in [0.15, 0.2) is 0 Å². The first-order chi connectivity index (χ1) is 12.3. The van der Waals surface area contributed by atoms with Gasteiger partial charge in [-0.05, 0) is 40.8 Å². The summed E-state index contributed by atoms with van der Waals surface area (Å²) in [4.78, 5) is 4.64. The van der Waals surface area contributed by atoms with E-state index >= 15 is 0 Å². The normalized spacial score (nSPS) is 10.6. The molecule has 3 aromatic carbocycles. The lowest BCUT2D eigenvalue weighted by Gasteiger charge is -2.13. The molecule has 1 heterocycles. The van der Waals surface area contributed by atoms with E-state index in [0.29, 0.717) is 0 Å². The highest BCUT2D eigenvalue weighted by Crippen LogP contribution is 2.35. The molecule has 0 fully saturated rings. The lowest BCUT2D eigenvalue weighted by molar-refractivity contribution is 1.27. The van der Waals surface area contributed by atoms with Gasteiger partial charge in [0.05, 0.1) is 5.69 Å². The van der Waals surface area contributed by atoms with Gasteiger partial charge >= 0.3 is 0 Å². The van der Waals surface area contributed by atoms with Crippen LogP contribution in [0.15, 0.2) is 97.2 Å². The zero-order valence-corrected chi connectivity index (χ0v) is 14.2. The molecule has 1 heteroatoms. The maximum absolute atomic E-state index is 4.64. The Morgan fingerprint density at radius 2 is 1.12 bits per heavy atom. The number of benzene rings is 3. The molecule has 0 atom stereocenters. The first-order valence-electron chi connectivity index (χ1n) is 8.50. The van der Waals surface area contributed by atoms with E-state index < -0.39 is 0 Å². The van der Waals surface area contributed by atoms with Gasteiger partial charge in [-0.3, -0.25) is 4.98 Å². The van der Waals surface area contributed by atoms with E-state index in [1.54, 1.807) is 0 Å². The zero-order valence-electron chi connectivity index (χ0n) is 14.2. The molecule has 0 bridgehead atoms. The fraction of sp³-hybridized carbons (Fsp3) is 0.0417. The van der Waals surface area contributed by atoms with Crippen LogP contribution < -0.4 is 0 Å². The molecule has 0 N–H and O–H groups in total. The molecule has 1 aromatic heterocycles. The predicted molar refractivity (Wildman–Crippen MR) is 105 cm³/mol. The smallest absolute Gasteiger partial charge is 0.0708 e. The Morgan fingerprint density at radius 1 is 0.560 bits per heavy atom. The third-order valence-corrected chi connectivity index (χ3v) is 4.47. The van der Waals surface area contributed by atoms with E-state index in [9.17, 15) is 0 Å². The Morgan fingerprint density at radius 3 is 1.80 bits per heavy atom. The summed E-state index contributed by atoms with van der Waals surface area (Å²) in [6, 6.07) is 31.7. The molecule has 0 amide bonds. The molecule has 0 spiro atoms. The van der Waals surface area contributed by atoms with Crippen molar-refractivity contribution in [3.8, 4) is 33.5 Å². The molecule has 4 rings (SSSR count). The van der Waals surface area contributed by atoms with Crippen LogP contribution in [-0.4, -0.2) is 4.98 Å². The van der Waals surface area contributed by atoms with Crippen molar-refractivity contribution < 1.29 is 0 Å². The molecule has 0 unspecified atom stereocenters. The van der Waals surface area contributed by atoms with Gasteiger partial charge < -0.3 is 0 Å². The van der Waals surface area contributed by atoms with Crippen LogP contribution in [0.4, 0.5) is 0 Å². The van der Waals surface area contributed by atoms with Crippen molar-refractivity contribution in [1.29, 1.82) is 0 Å². The largest absolute Gasteiger partial charge is 0.256 e. The lowest BCUT2D eigenvalue weighted by Crippen LogP contribution is -1.92. The van der Waals surface area contributed by atoms with Crippen molar-refractivity contribution in [2.75, 3.05) is 0 Å². The molecule has 0 saturated heterocycles. The van der Waals surface area contributed by atoms with Gasteiger partial charge in [0, 0.05) is 11.8 Å². The maximum atomic E-state index is 4.64. The van der Waals surface area contributed by atoms with Gasteiger partial charge in [-0.15, -0.1) is 0 Å². The predicted octanol–water partition coefficient (Wildman–Crippen LogP) is 6.39. The van der Waals surface area contributed by atoms with Gasteiger partial charge in [0.25, 0.3) is 0 Å². The summed E-state index contributed by atoms with van der Waals surface area (Å²) >= 11 is 0. The maximum Gasteiger partial charge on any atom is 0.0708 e. The van der Waals surface area contributed by atoms with E-state index in [-0.39, 0.29) is 0 Å². The number of hydrogen-bond donors (Lipinski definition) is 0. The topological polar surface area (TPSA) is 12.9 Å². The summed E-state index contributed by atoms with van der Waals surface area (Å²) in [5, 5.41) is 0. The first-order valence-corrected chi connectivity index (χ1v) is 8.50. The highest BCUT2D eigenvalue weighted by Gasteiger charge is 2.11. The lowest BCUT2D eigenvalue weighted by atomic mass is 9.92. The van der Waals surface area contributed by atoms with Crippen molar-refractivity contribution >= 4 is 0 Å². The Bertz CT molecular complexity index is 989. The summed E-state index contributed by atoms with van der Waals surface area (Å²) in [6.07, 6.45) is 1.97. The average Bonchev–Trinajstić information content (AvgIpc) is 2.70. The first kappa shape index (κ1) is 15.3. The number of hydrogen-bond acceptors (Lipinski definition) is 1. The second-order valence-corrected chi connectivity index (χ2v) is 6.16. The van der Waals surface area contributed by atoms with Crippen molar-refractivity contribution in [2.45, 2.75) is 6.92 Å². The molecular formula is C24H19N. The van der Waals surface area contributed by atoms with E-state index in [1.807, 2.05) is 12.3 Å². The molecule has 0 aliphatic rings. The summed E-state index contributed by atoms with van der Waals surface area (Å²) in [5.74, 6) is 0. The van der Waals surface area contributed by atoms with Crippen LogP contribution >= 0.6 is 0 Å². The minimum Gasteiger partial charge on any atom is -0.256 e. The molecule has 25 heavy (non-hydrogen) atoms. The Balaban J connectivity index is 1.89. The van der Waals surface area contributed by atoms with E-state index in [0.717, 1.165) is 11.3 Å². The van der Waals surface area contributed by atoms with Crippen LogP contribution in [0.25, 0.3) is 33.5 Å². The standard InChI is InChI=1S/C24H19N/c1-18-17-25-24(20-12-6-3-7-13-20)16-23(18)22-15-9-8-14-21(22)19-10-4-2-5-11-19/h2-17H,1H3. The van der Waals surface area contributed by atoms with Crippen LogP contribution in [-0.2, 0) is 0 Å². The summed E-state index contributed by atoms with van der Waals surface area (Å²) in [5.41, 5.74) is 8.28. The second-order valence-electron chi connectivity index (χ2n) is 6.16. The minimum atomic E-state index is 1.00. The molecular weight excluding hydrogens is 302 g/mol. The van der Waals surface area contributed by atoms with Crippen molar-refractivity contribution in [3.05, 3.63) is 103 Å². The fourth-order valence-electron chi connectivity index (χ4n) is 3.17. The Labute approximate surface area is 148 Å². The molecule has 0 aliphatic carbocycles. The second kappa shape index (κ2) is 6.74. The van der Waals surface area contributed by atoms with Gasteiger partial charge in [-0.25, -0.2) is 0 Å². The highest BCUT2D eigenvalue weighted by molar-refractivity contribution is 5.86. The molecule has 0 saturated carbocycles. The highest BCUT2D eigenvalue weighted by atomic mass is 14.7. The molecule has 0 radical (unpaired) electrons. The number of aryl methyl sites for hydroxylation is 1. The van der Waals surface area contributed by atoms with Crippen molar-refractivity contribution in [1.82, 2.24) is 4.98 Å². The number of aromatic nitrogens is 1. The SMILES string of the molecule is Cc1cnc(-c2ccccc2)cc1-c1ccccc1-c1ccccc1. The van der Waals surface area contributed by atoms with Crippen molar-refractivity contribution in [3.63, 3.8) is 0 Å². The molecule has 1 nitrogen and oxygen atoms in total. The monoisotopic (exact) mass is 321 g/mol. The average molecular weight is 321 g/mol. The summed E-state index contributed by atoms with van der Waals surface area (Å²) in [6.45, 7) is 2.12. The summed E-state index contributed by atoms with van der Waals surface area (Å²) in [7, 11) is 0. The van der Waals surface area contributed by atoms with Gasteiger partial charge in [0.1, 0.15) is 0 Å². The zero-order chi connectivity index (χ0) is 17.1. The number of pyridine rings is 1. The number of rotatable bonds is 3. The van der Waals surface area contributed by atoms with Gasteiger partial charge in [0.2, 0.25) is 0 Å². The van der Waals surface area contributed by atoms with Gasteiger partial charge in [-0.2, -0.15) is 0 Å². The molecule has 120 valence electrons. The molecule has 0 aliphatic heterocycles. The summed E-state index contributed by atoms with van der Waals surface area (Å²) < 4.78 is 0. The van der Waals surface area contributed by atoms with Crippen LogP contribution in [0, 0.1) is 6.92 Å². The minimum absolute atomic E-state index is 1.00. The van der Waals surface area contributed by atoms with Crippen LogP contribution in [0.3, 0.4) is 0 Å². The van der Waals surface area contributed by atoms with Crippen LogP contribution in [0.5, 0.6) is 0 Å². The third-order valence-electron chi connectivity index (χ3n) is 4.47. The Hall–Kier alpha value is -3.19. The quantitative estimate of drug-likeness (QED) is 0.426.